The molecule has 0 saturated carbocycles. The molecular formula is C16H16N2O3. The van der Waals surface area contributed by atoms with Gasteiger partial charge < -0.3 is 20.1 Å². The maximum absolute atomic E-state index is 12.1. The lowest BCUT2D eigenvalue weighted by Gasteiger charge is -2.29. The molecule has 1 amide bonds. The molecule has 108 valence electrons. The molecule has 0 aliphatic carbocycles. The minimum Gasteiger partial charge on any atom is -0.497 e. The first-order valence-corrected chi connectivity index (χ1v) is 6.63. The van der Waals surface area contributed by atoms with Crippen LogP contribution in [0.15, 0.2) is 42.5 Å². The van der Waals surface area contributed by atoms with Gasteiger partial charge in [-0.2, -0.15) is 0 Å². The van der Waals surface area contributed by atoms with Gasteiger partial charge in [0, 0.05) is 11.8 Å². The topological polar surface area (TPSA) is 64.8 Å². The van der Waals surface area contributed by atoms with Crippen LogP contribution in [0.25, 0.3) is 0 Å². The second kappa shape index (κ2) is 5.36. The molecule has 0 spiro atoms. The van der Waals surface area contributed by atoms with Crippen molar-refractivity contribution in [1.29, 1.82) is 0 Å². The van der Waals surface area contributed by atoms with E-state index in [0.29, 0.717) is 18.0 Å². The van der Waals surface area contributed by atoms with Gasteiger partial charge in [-0.3, -0.25) is 4.79 Å². The van der Waals surface area contributed by atoms with E-state index in [1.807, 2.05) is 30.3 Å². The quantitative estimate of drug-likeness (QED) is 0.878. The minimum atomic E-state index is -0.0666. The van der Waals surface area contributed by atoms with Crippen LogP contribution in [0, 0.1) is 0 Å². The van der Waals surface area contributed by atoms with Crippen molar-refractivity contribution in [1.82, 2.24) is 0 Å². The van der Waals surface area contributed by atoms with Crippen molar-refractivity contribution in [2.75, 3.05) is 24.4 Å². The molecule has 1 aliphatic rings. The Morgan fingerprint density at radius 2 is 2.00 bits per heavy atom. The fourth-order valence-corrected chi connectivity index (χ4v) is 2.31. The average Bonchev–Trinajstić information content (AvgIpc) is 2.51. The molecule has 2 N–H and O–H groups in total. The highest BCUT2D eigenvalue weighted by atomic mass is 16.5. The highest BCUT2D eigenvalue weighted by Crippen LogP contribution is 2.34. The predicted octanol–water partition coefficient (Wildman–Crippen LogP) is 2.20. The van der Waals surface area contributed by atoms with E-state index in [1.165, 1.54) is 0 Å². The number of amides is 1. The molecule has 5 nitrogen and oxygen atoms in total. The largest absolute Gasteiger partial charge is 0.497 e. The molecule has 0 bridgehead atoms. The Balaban J connectivity index is 1.89. The van der Waals surface area contributed by atoms with E-state index in [2.05, 4.69) is 0 Å². The summed E-state index contributed by atoms with van der Waals surface area (Å²) in [5, 5.41) is 0. The van der Waals surface area contributed by atoms with Gasteiger partial charge in [-0.15, -0.1) is 0 Å². The first kappa shape index (κ1) is 13.3. The summed E-state index contributed by atoms with van der Waals surface area (Å²) in [6.07, 6.45) is 0. The summed E-state index contributed by atoms with van der Waals surface area (Å²) in [7, 11) is 1.63. The van der Waals surface area contributed by atoms with Crippen LogP contribution in [-0.2, 0) is 11.3 Å². The zero-order valence-electron chi connectivity index (χ0n) is 11.7. The summed E-state index contributed by atoms with van der Waals surface area (Å²) in [4.78, 5) is 13.8. The molecule has 0 radical (unpaired) electrons. The molecule has 0 saturated heterocycles. The van der Waals surface area contributed by atoms with Gasteiger partial charge in [0.15, 0.2) is 6.61 Å². The maximum Gasteiger partial charge on any atom is 0.265 e. The number of nitrogens with zero attached hydrogens (tertiary/aromatic N) is 1. The number of fused-ring (bicyclic) bond motifs is 1. The number of nitrogen functional groups attached to an aromatic ring is 1. The fraction of sp³-hybridized carbons (Fsp3) is 0.188. The SMILES string of the molecule is COc1ccc(CN2C(=O)COc3cc(N)ccc32)cc1. The smallest absolute Gasteiger partial charge is 0.265 e. The van der Waals surface area contributed by atoms with E-state index >= 15 is 0 Å². The summed E-state index contributed by atoms with van der Waals surface area (Å²) in [5.74, 6) is 1.37. The zero-order chi connectivity index (χ0) is 14.8. The lowest BCUT2D eigenvalue weighted by Crippen LogP contribution is -2.38. The van der Waals surface area contributed by atoms with Crippen molar-refractivity contribution < 1.29 is 14.3 Å². The van der Waals surface area contributed by atoms with Crippen LogP contribution >= 0.6 is 0 Å². The first-order valence-electron chi connectivity index (χ1n) is 6.63. The zero-order valence-corrected chi connectivity index (χ0v) is 11.7. The Bertz CT molecular complexity index is 668. The number of ether oxygens (including phenoxy) is 2. The van der Waals surface area contributed by atoms with Crippen LogP contribution in [0.4, 0.5) is 11.4 Å². The molecule has 3 rings (SSSR count). The average molecular weight is 284 g/mol. The van der Waals surface area contributed by atoms with Crippen molar-refractivity contribution in [3.05, 3.63) is 48.0 Å². The number of hydrogen-bond donors (Lipinski definition) is 1. The van der Waals surface area contributed by atoms with Crippen molar-refractivity contribution in [2.45, 2.75) is 6.54 Å². The number of carbonyl (C=O) groups is 1. The molecule has 2 aromatic rings. The molecule has 2 aromatic carbocycles. The molecule has 0 fully saturated rings. The van der Waals surface area contributed by atoms with Crippen molar-refractivity contribution in [2.24, 2.45) is 0 Å². The summed E-state index contributed by atoms with van der Waals surface area (Å²) in [6.45, 7) is 0.524. The van der Waals surface area contributed by atoms with E-state index in [9.17, 15) is 4.79 Å². The van der Waals surface area contributed by atoms with E-state index in [1.54, 1.807) is 24.1 Å². The molecule has 0 aromatic heterocycles. The normalized spacial score (nSPS) is 13.6. The standard InChI is InChI=1S/C16H16N2O3/c1-20-13-5-2-11(3-6-13)9-18-14-7-4-12(17)8-15(14)21-10-16(18)19/h2-8H,9-10,17H2,1H3. The van der Waals surface area contributed by atoms with Crippen LogP contribution in [0.1, 0.15) is 5.56 Å². The van der Waals surface area contributed by atoms with Crippen LogP contribution in [0.2, 0.25) is 0 Å². The molecule has 0 unspecified atom stereocenters. The Morgan fingerprint density at radius 3 is 2.71 bits per heavy atom. The third-order valence-electron chi connectivity index (χ3n) is 3.43. The third kappa shape index (κ3) is 2.63. The van der Waals surface area contributed by atoms with E-state index in [0.717, 1.165) is 17.0 Å². The number of carbonyl (C=O) groups excluding carboxylic acids is 1. The van der Waals surface area contributed by atoms with Gasteiger partial charge in [0.1, 0.15) is 11.5 Å². The number of hydrogen-bond acceptors (Lipinski definition) is 4. The minimum absolute atomic E-state index is 0.0343. The monoisotopic (exact) mass is 284 g/mol. The maximum atomic E-state index is 12.1. The first-order chi connectivity index (χ1) is 10.2. The van der Waals surface area contributed by atoms with Crippen LogP contribution in [-0.4, -0.2) is 19.6 Å². The number of benzene rings is 2. The van der Waals surface area contributed by atoms with Gasteiger partial charge in [-0.1, -0.05) is 12.1 Å². The van der Waals surface area contributed by atoms with Crippen molar-refractivity contribution in [3.63, 3.8) is 0 Å². The lowest BCUT2D eigenvalue weighted by molar-refractivity contribution is -0.121. The van der Waals surface area contributed by atoms with Crippen molar-refractivity contribution >= 4 is 17.3 Å². The van der Waals surface area contributed by atoms with Gasteiger partial charge in [0.2, 0.25) is 0 Å². The van der Waals surface area contributed by atoms with E-state index in [4.69, 9.17) is 15.2 Å². The molecule has 1 heterocycles. The third-order valence-corrected chi connectivity index (χ3v) is 3.43. The van der Waals surface area contributed by atoms with Crippen LogP contribution in [0.3, 0.4) is 0 Å². The van der Waals surface area contributed by atoms with Gasteiger partial charge in [0.05, 0.1) is 19.3 Å². The molecule has 5 heteroatoms. The van der Waals surface area contributed by atoms with Gasteiger partial charge in [-0.25, -0.2) is 0 Å². The number of methoxy groups -OCH3 is 1. The van der Waals surface area contributed by atoms with Crippen LogP contribution < -0.4 is 20.1 Å². The van der Waals surface area contributed by atoms with Crippen LogP contribution in [0.5, 0.6) is 11.5 Å². The molecule has 1 aliphatic heterocycles. The van der Waals surface area contributed by atoms with Gasteiger partial charge in [0.25, 0.3) is 5.91 Å². The highest BCUT2D eigenvalue weighted by molar-refractivity contribution is 5.98. The van der Waals surface area contributed by atoms with E-state index < -0.39 is 0 Å². The molecular weight excluding hydrogens is 268 g/mol. The Labute approximate surface area is 122 Å². The van der Waals surface area contributed by atoms with E-state index in [-0.39, 0.29) is 12.5 Å². The number of nitrogens with two attached hydrogens (primary N) is 1. The van der Waals surface area contributed by atoms with Crippen molar-refractivity contribution in [3.8, 4) is 11.5 Å². The molecule has 21 heavy (non-hydrogen) atoms. The Kier molecular flexibility index (Phi) is 3.39. The highest BCUT2D eigenvalue weighted by Gasteiger charge is 2.25. The summed E-state index contributed by atoms with van der Waals surface area (Å²) < 4.78 is 10.6. The lowest BCUT2D eigenvalue weighted by atomic mass is 10.1. The van der Waals surface area contributed by atoms with Gasteiger partial charge >= 0.3 is 0 Å². The molecule has 0 atom stereocenters. The fourth-order valence-electron chi connectivity index (χ4n) is 2.31. The number of rotatable bonds is 3. The van der Waals surface area contributed by atoms with Gasteiger partial charge in [-0.05, 0) is 29.8 Å². The number of anilines is 2. The summed E-state index contributed by atoms with van der Waals surface area (Å²) in [6, 6.07) is 13.0. The second-order valence-corrected chi connectivity index (χ2v) is 4.84. The summed E-state index contributed by atoms with van der Waals surface area (Å²) >= 11 is 0. The summed E-state index contributed by atoms with van der Waals surface area (Å²) in [5.41, 5.74) is 8.14. The Morgan fingerprint density at radius 1 is 1.24 bits per heavy atom. The Hall–Kier alpha value is -2.69. The predicted molar refractivity (Wildman–Crippen MR) is 80.5 cm³/mol. The second-order valence-electron chi connectivity index (χ2n) is 4.84.